The van der Waals surface area contributed by atoms with E-state index in [1.165, 1.54) is 48.8 Å². The number of para-hydroxylation sites is 3. The average molecular weight is 408 g/mol. The van der Waals surface area contributed by atoms with Crippen LogP contribution in [0.1, 0.15) is 0 Å². The van der Waals surface area contributed by atoms with E-state index in [0.29, 0.717) is 0 Å². The lowest BCUT2D eigenvalue weighted by Gasteiger charge is -2.14. The van der Waals surface area contributed by atoms with E-state index >= 15 is 0 Å². The smallest absolute Gasteiger partial charge is 0.421 e. The highest BCUT2D eigenvalue weighted by Crippen LogP contribution is 2.30. The Balaban J connectivity index is 1.62. The fourth-order valence-electron chi connectivity index (χ4n) is 2.13. The summed E-state index contributed by atoms with van der Waals surface area (Å²) >= 11 is 0. The maximum absolute atomic E-state index is 13.5. The van der Waals surface area contributed by atoms with Crippen LogP contribution in [0.4, 0.5) is 33.7 Å². The second-order valence-corrected chi connectivity index (χ2v) is 5.41. The Kier molecular flexibility index (Phi) is 5.77. The van der Waals surface area contributed by atoms with Gasteiger partial charge in [0, 0.05) is 0 Å². The summed E-state index contributed by atoms with van der Waals surface area (Å²) in [6, 6.07) is 9.69. The van der Waals surface area contributed by atoms with Crippen molar-refractivity contribution in [3.8, 4) is 17.5 Å². The first-order valence-corrected chi connectivity index (χ1v) is 7.97. The third-order valence-electron chi connectivity index (χ3n) is 3.28. The molecule has 0 atom stereocenters. The number of carbonyl (C=O) groups excluding carboxylic acids is 1. The molecule has 0 aliphatic carbocycles. The SMILES string of the molecule is O=C(Nc1cnc(Oc2ccccc2F)nc1)Nc1ccccc1OC(F)(F)F. The van der Waals surface area contributed by atoms with Crippen molar-refractivity contribution in [2.45, 2.75) is 6.36 Å². The summed E-state index contributed by atoms with van der Waals surface area (Å²) in [5, 5.41) is 4.57. The Labute approximate surface area is 161 Å². The minimum absolute atomic E-state index is 0.0766. The van der Waals surface area contributed by atoms with E-state index in [2.05, 4.69) is 25.3 Å². The van der Waals surface area contributed by atoms with Gasteiger partial charge in [-0.25, -0.2) is 19.2 Å². The average Bonchev–Trinajstić information content (AvgIpc) is 2.65. The molecule has 2 N–H and O–H groups in total. The Morgan fingerprint density at radius 2 is 1.52 bits per heavy atom. The molecule has 0 unspecified atom stereocenters. The van der Waals surface area contributed by atoms with Crippen LogP contribution in [0.5, 0.6) is 17.5 Å². The minimum Gasteiger partial charge on any atom is -0.421 e. The Bertz CT molecular complexity index is 997. The fraction of sp³-hybridized carbons (Fsp3) is 0.0556. The lowest BCUT2D eigenvalue weighted by Crippen LogP contribution is -2.22. The van der Waals surface area contributed by atoms with Crippen LogP contribution in [0.2, 0.25) is 0 Å². The molecular formula is C18H12F4N4O3. The number of alkyl halides is 3. The molecule has 0 aliphatic heterocycles. The lowest BCUT2D eigenvalue weighted by molar-refractivity contribution is -0.274. The van der Waals surface area contributed by atoms with Gasteiger partial charge >= 0.3 is 18.4 Å². The van der Waals surface area contributed by atoms with Gasteiger partial charge in [-0.3, -0.25) is 0 Å². The topological polar surface area (TPSA) is 85.4 Å². The number of rotatable bonds is 5. The number of benzene rings is 2. The molecule has 3 aromatic rings. The second kappa shape index (κ2) is 8.42. The first-order valence-electron chi connectivity index (χ1n) is 7.97. The van der Waals surface area contributed by atoms with Crippen molar-refractivity contribution in [2.24, 2.45) is 0 Å². The highest BCUT2D eigenvalue weighted by Gasteiger charge is 2.32. The van der Waals surface area contributed by atoms with Crippen molar-refractivity contribution in [2.75, 3.05) is 10.6 Å². The highest BCUT2D eigenvalue weighted by atomic mass is 19.4. The van der Waals surface area contributed by atoms with Crippen LogP contribution < -0.4 is 20.1 Å². The van der Waals surface area contributed by atoms with Crippen LogP contribution >= 0.6 is 0 Å². The number of anilines is 2. The summed E-state index contributed by atoms with van der Waals surface area (Å²) in [5.41, 5.74) is -0.0691. The first kappa shape index (κ1) is 19.9. The molecule has 1 aromatic heterocycles. The zero-order chi connectivity index (χ0) is 20.9. The number of hydrogen-bond donors (Lipinski definition) is 2. The third kappa shape index (κ3) is 5.79. The summed E-state index contributed by atoms with van der Waals surface area (Å²) in [6.45, 7) is 0. The van der Waals surface area contributed by atoms with Crippen molar-refractivity contribution in [3.05, 3.63) is 66.7 Å². The summed E-state index contributed by atoms with van der Waals surface area (Å²) in [4.78, 5) is 19.7. The zero-order valence-electron chi connectivity index (χ0n) is 14.4. The number of carbonyl (C=O) groups is 1. The zero-order valence-corrected chi connectivity index (χ0v) is 14.4. The minimum atomic E-state index is -4.91. The monoisotopic (exact) mass is 408 g/mol. The summed E-state index contributed by atoms with van der Waals surface area (Å²) < 4.78 is 59.8. The van der Waals surface area contributed by atoms with Crippen molar-refractivity contribution in [1.82, 2.24) is 9.97 Å². The van der Waals surface area contributed by atoms with E-state index < -0.39 is 24.0 Å². The Hall–Kier alpha value is -3.89. The van der Waals surface area contributed by atoms with Gasteiger partial charge in [0.25, 0.3) is 0 Å². The molecule has 0 aliphatic rings. The van der Waals surface area contributed by atoms with Crippen LogP contribution in [0.25, 0.3) is 0 Å². The Morgan fingerprint density at radius 1 is 0.897 bits per heavy atom. The largest absolute Gasteiger partial charge is 0.573 e. The van der Waals surface area contributed by atoms with Crippen molar-refractivity contribution < 1.29 is 31.8 Å². The number of aromatic nitrogens is 2. The maximum Gasteiger partial charge on any atom is 0.573 e. The number of urea groups is 1. The molecule has 0 saturated heterocycles. The highest BCUT2D eigenvalue weighted by molar-refractivity contribution is 6.00. The normalized spacial score (nSPS) is 10.9. The maximum atomic E-state index is 13.5. The first-order chi connectivity index (χ1) is 13.8. The van der Waals surface area contributed by atoms with E-state index in [-0.39, 0.29) is 23.1 Å². The standard InChI is InChI=1S/C18H12F4N4O3/c19-12-5-1-3-7-14(12)28-17-23-9-11(10-24-17)25-16(27)26-13-6-2-4-8-15(13)29-18(20,21)22/h1-10H,(H2,25,26,27). The van der Waals surface area contributed by atoms with E-state index in [1.807, 2.05) is 0 Å². The summed E-state index contributed by atoms with van der Waals surface area (Å²) in [6.07, 6.45) is -2.54. The molecule has 3 rings (SSSR count). The van der Waals surface area contributed by atoms with Gasteiger partial charge in [-0.15, -0.1) is 13.2 Å². The number of amides is 2. The third-order valence-corrected chi connectivity index (χ3v) is 3.28. The second-order valence-electron chi connectivity index (χ2n) is 5.41. The van der Waals surface area contributed by atoms with Gasteiger partial charge in [0.2, 0.25) is 0 Å². The van der Waals surface area contributed by atoms with Gasteiger partial charge in [0.1, 0.15) is 0 Å². The van der Waals surface area contributed by atoms with Gasteiger partial charge < -0.3 is 20.1 Å². The van der Waals surface area contributed by atoms with E-state index in [4.69, 9.17) is 4.74 Å². The Morgan fingerprint density at radius 3 is 2.17 bits per heavy atom. The quantitative estimate of drug-likeness (QED) is 0.584. The van der Waals surface area contributed by atoms with Crippen LogP contribution in [-0.4, -0.2) is 22.4 Å². The fourth-order valence-corrected chi connectivity index (χ4v) is 2.13. The molecule has 150 valence electrons. The van der Waals surface area contributed by atoms with Crippen molar-refractivity contribution in [3.63, 3.8) is 0 Å². The van der Waals surface area contributed by atoms with Gasteiger partial charge in [-0.2, -0.15) is 0 Å². The van der Waals surface area contributed by atoms with Crippen LogP contribution in [-0.2, 0) is 0 Å². The predicted octanol–water partition coefficient (Wildman–Crippen LogP) is 4.95. The number of nitrogens with one attached hydrogen (secondary N) is 2. The van der Waals surface area contributed by atoms with Crippen molar-refractivity contribution in [1.29, 1.82) is 0 Å². The lowest BCUT2D eigenvalue weighted by atomic mass is 10.3. The summed E-state index contributed by atoms with van der Waals surface area (Å²) in [7, 11) is 0. The molecule has 0 fully saturated rings. The van der Waals surface area contributed by atoms with Crippen molar-refractivity contribution >= 4 is 17.4 Å². The van der Waals surface area contributed by atoms with Gasteiger partial charge in [-0.05, 0) is 24.3 Å². The molecule has 11 heteroatoms. The molecular weight excluding hydrogens is 396 g/mol. The molecule has 0 saturated carbocycles. The molecule has 29 heavy (non-hydrogen) atoms. The predicted molar refractivity (Wildman–Crippen MR) is 94.3 cm³/mol. The van der Waals surface area contributed by atoms with Crippen LogP contribution in [0.3, 0.4) is 0 Å². The van der Waals surface area contributed by atoms with E-state index in [1.54, 1.807) is 6.07 Å². The molecule has 0 spiro atoms. The van der Waals surface area contributed by atoms with Crippen LogP contribution in [0, 0.1) is 5.82 Å². The number of halogens is 4. The molecule has 2 aromatic carbocycles. The molecule has 0 bridgehead atoms. The molecule has 0 radical (unpaired) electrons. The molecule has 2 amide bonds. The van der Waals surface area contributed by atoms with Crippen LogP contribution in [0.15, 0.2) is 60.9 Å². The van der Waals surface area contributed by atoms with E-state index in [9.17, 15) is 22.4 Å². The van der Waals surface area contributed by atoms with Gasteiger partial charge in [0.05, 0.1) is 23.8 Å². The number of nitrogens with zero attached hydrogens (tertiary/aromatic N) is 2. The number of ether oxygens (including phenoxy) is 2. The van der Waals surface area contributed by atoms with Gasteiger partial charge in [-0.1, -0.05) is 24.3 Å². The molecule has 7 nitrogen and oxygen atoms in total. The van der Waals surface area contributed by atoms with Gasteiger partial charge in [0.15, 0.2) is 17.3 Å². The number of hydrogen-bond acceptors (Lipinski definition) is 5. The summed E-state index contributed by atoms with van der Waals surface area (Å²) in [5.74, 6) is -1.25. The molecule has 1 heterocycles. The van der Waals surface area contributed by atoms with E-state index in [0.717, 1.165) is 6.07 Å².